The standard InChI is InChI=1S/C26H22FN3O4/c1-33-22-12-19-20(13-23(22)34-2)28-25(15-6-8-17(27)9-7-15)29-24(19)26(32)30-11-10-18-16(14-30)4-3-5-21(18)31/h3-9,12-13,31H,10-11,14H2,1-2H3. The maximum Gasteiger partial charge on any atom is 0.273 e. The fraction of sp³-hybridized carbons (Fsp3) is 0.192. The van der Waals surface area contributed by atoms with Crippen molar-refractivity contribution in [3.8, 4) is 28.6 Å². The van der Waals surface area contributed by atoms with Crippen LogP contribution >= 0.6 is 0 Å². The monoisotopic (exact) mass is 459 g/mol. The lowest BCUT2D eigenvalue weighted by Crippen LogP contribution is -2.36. The predicted octanol–water partition coefficient (Wildman–Crippen LogP) is 4.36. The summed E-state index contributed by atoms with van der Waals surface area (Å²) in [5.74, 6) is 0.834. The van der Waals surface area contributed by atoms with Crippen molar-refractivity contribution in [1.82, 2.24) is 14.9 Å². The normalized spacial score (nSPS) is 13.0. The second kappa shape index (κ2) is 8.62. The average Bonchev–Trinajstić information content (AvgIpc) is 2.87. The summed E-state index contributed by atoms with van der Waals surface area (Å²) in [6, 6.07) is 14.5. The second-order valence-corrected chi connectivity index (χ2v) is 8.02. The van der Waals surface area contributed by atoms with Gasteiger partial charge in [0.25, 0.3) is 5.91 Å². The van der Waals surface area contributed by atoms with E-state index in [4.69, 9.17) is 9.47 Å². The molecule has 0 fully saturated rings. The summed E-state index contributed by atoms with van der Waals surface area (Å²) in [7, 11) is 3.05. The lowest BCUT2D eigenvalue weighted by atomic mass is 9.98. The molecule has 0 aliphatic carbocycles. The molecule has 1 aliphatic heterocycles. The number of carbonyl (C=O) groups is 1. The first-order chi connectivity index (χ1) is 16.5. The zero-order valence-corrected chi connectivity index (χ0v) is 18.7. The van der Waals surface area contributed by atoms with Crippen molar-refractivity contribution >= 4 is 16.8 Å². The number of phenols is 1. The molecule has 1 aliphatic rings. The number of rotatable bonds is 4. The van der Waals surface area contributed by atoms with Gasteiger partial charge in [-0.25, -0.2) is 14.4 Å². The number of amides is 1. The molecule has 8 heteroatoms. The molecule has 2 heterocycles. The van der Waals surface area contributed by atoms with Crippen molar-refractivity contribution in [3.63, 3.8) is 0 Å². The van der Waals surface area contributed by atoms with Gasteiger partial charge in [0.15, 0.2) is 17.3 Å². The lowest BCUT2D eigenvalue weighted by molar-refractivity contribution is 0.0730. The summed E-state index contributed by atoms with van der Waals surface area (Å²) >= 11 is 0. The van der Waals surface area contributed by atoms with Gasteiger partial charge in [0.2, 0.25) is 0 Å². The largest absolute Gasteiger partial charge is 0.508 e. The molecule has 172 valence electrons. The van der Waals surface area contributed by atoms with Gasteiger partial charge < -0.3 is 19.5 Å². The zero-order chi connectivity index (χ0) is 23.8. The number of aromatic nitrogens is 2. The minimum absolute atomic E-state index is 0.217. The highest BCUT2D eigenvalue weighted by molar-refractivity contribution is 6.05. The number of hydrogen-bond acceptors (Lipinski definition) is 6. The molecule has 0 bridgehead atoms. The van der Waals surface area contributed by atoms with Crippen molar-refractivity contribution < 1.29 is 23.8 Å². The van der Waals surface area contributed by atoms with Crippen LogP contribution in [0.4, 0.5) is 4.39 Å². The molecular formula is C26H22FN3O4. The van der Waals surface area contributed by atoms with Gasteiger partial charge in [0.1, 0.15) is 17.3 Å². The van der Waals surface area contributed by atoms with E-state index in [0.29, 0.717) is 53.3 Å². The van der Waals surface area contributed by atoms with Crippen LogP contribution in [0.25, 0.3) is 22.3 Å². The molecular weight excluding hydrogens is 437 g/mol. The third-order valence-corrected chi connectivity index (χ3v) is 6.03. The average molecular weight is 459 g/mol. The smallest absolute Gasteiger partial charge is 0.273 e. The van der Waals surface area contributed by atoms with Crippen molar-refractivity contribution in [3.05, 3.63) is 77.2 Å². The molecule has 0 radical (unpaired) electrons. The maximum atomic E-state index is 13.7. The van der Waals surface area contributed by atoms with Crippen LogP contribution in [-0.2, 0) is 13.0 Å². The topological polar surface area (TPSA) is 84.8 Å². The Kier molecular flexibility index (Phi) is 5.49. The summed E-state index contributed by atoms with van der Waals surface area (Å²) < 4.78 is 24.3. The van der Waals surface area contributed by atoms with Crippen molar-refractivity contribution in [1.29, 1.82) is 0 Å². The fourth-order valence-electron chi connectivity index (χ4n) is 4.26. The van der Waals surface area contributed by atoms with E-state index in [1.165, 1.54) is 26.4 Å². The van der Waals surface area contributed by atoms with E-state index < -0.39 is 0 Å². The molecule has 7 nitrogen and oxygen atoms in total. The Morgan fingerprint density at radius 2 is 1.76 bits per heavy atom. The minimum Gasteiger partial charge on any atom is -0.508 e. The molecule has 5 rings (SSSR count). The van der Waals surface area contributed by atoms with Gasteiger partial charge in [-0.3, -0.25) is 4.79 Å². The number of carbonyl (C=O) groups excluding carboxylic acids is 1. The van der Waals surface area contributed by atoms with Crippen molar-refractivity contribution in [2.45, 2.75) is 13.0 Å². The molecule has 3 aromatic carbocycles. The summed E-state index contributed by atoms with van der Waals surface area (Å²) in [5.41, 5.74) is 3.06. The SMILES string of the molecule is COc1cc2nc(-c3ccc(F)cc3)nc(C(=O)N3CCc4c(O)cccc4C3)c2cc1OC. The highest BCUT2D eigenvalue weighted by Crippen LogP contribution is 2.35. The highest BCUT2D eigenvalue weighted by atomic mass is 19.1. The molecule has 0 spiro atoms. The number of halogens is 1. The van der Waals surface area contributed by atoms with Crippen molar-refractivity contribution in [2.75, 3.05) is 20.8 Å². The predicted molar refractivity (Wildman–Crippen MR) is 125 cm³/mol. The number of phenolic OH excluding ortho intramolecular Hbond substituents is 1. The number of aromatic hydroxyl groups is 1. The van der Waals surface area contributed by atoms with Gasteiger partial charge in [0, 0.05) is 35.7 Å². The van der Waals surface area contributed by atoms with E-state index in [9.17, 15) is 14.3 Å². The van der Waals surface area contributed by atoms with Gasteiger partial charge >= 0.3 is 0 Å². The minimum atomic E-state index is -0.373. The van der Waals surface area contributed by atoms with Crippen LogP contribution in [0, 0.1) is 5.82 Å². The van der Waals surface area contributed by atoms with Gasteiger partial charge in [-0.2, -0.15) is 0 Å². The molecule has 0 atom stereocenters. The molecule has 4 aromatic rings. The van der Waals surface area contributed by atoms with E-state index in [1.54, 1.807) is 41.3 Å². The van der Waals surface area contributed by atoms with Gasteiger partial charge in [-0.15, -0.1) is 0 Å². The number of hydrogen-bond donors (Lipinski definition) is 1. The van der Waals surface area contributed by atoms with E-state index in [1.807, 2.05) is 6.07 Å². The number of methoxy groups -OCH3 is 2. The molecule has 1 N–H and O–H groups in total. The molecule has 0 saturated heterocycles. The molecule has 1 amide bonds. The quantitative estimate of drug-likeness (QED) is 0.488. The van der Waals surface area contributed by atoms with Gasteiger partial charge in [0.05, 0.1) is 19.7 Å². The van der Waals surface area contributed by atoms with E-state index in [0.717, 1.165) is 11.1 Å². The Hall–Kier alpha value is -4.20. The summed E-state index contributed by atoms with van der Waals surface area (Å²) in [6.07, 6.45) is 0.540. The lowest BCUT2D eigenvalue weighted by Gasteiger charge is -2.29. The Balaban J connectivity index is 1.64. The Bertz CT molecular complexity index is 1410. The van der Waals surface area contributed by atoms with Crippen LogP contribution in [0.3, 0.4) is 0 Å². The summed E-state index contributed by atoms with van der Waals surface area (Å²) in [6.45, 7) is 0.793. The number of benzene rings is 3. The first-order valence-corrected chi connectivity index (χ1v) is 10.8. The first-order valence-electron chi connectivity index (χ1n) is 10.8. The van der Waals surface area contributed by atoms with Crippen molar-refractivity contribution in [2.24, 2.45) is 0 Å². The molecule has 0 saturated carbocycles. The number of fused-ring (bicyclic) bond motifs is 2. The Labute approximate surface area is 195 Å². The third kappa shape index (κ3) is 3.77. The zero-order valence-electron chi connectivity index (χ0n) is 18.7. The second-order valence-electron chi connectivity index (χ2n) is 8.02. The summed E-state index contributed by atoms with van der Waals surface area (Å²) in [5, 5.41) is 10.7. The van der Waals surface area contributed by atoms with Crippen LogP contribution in [0.5, 0.6) is 17.2 Å². The molecule has 0 unspecified atom stereocenters. The van der Waals surface area contributed by atoms with Gasteiger partial charge in [-0.05, 0) is 48.4 Å². The van der Waals surface area contributed by atoms with Crippen LogP contribution < -0.4 is 9.47 Å². The molecule has 1 aromatic heterocycles. The first kappa shape index (κ1) is 21.6. The fourth-order valence-corrected chi connectivity index (χ4v) is 4.26. The van der Waals surface area contributed by atoms with Crippen LogP contribution in [0.15, 0.2) is 54.6 Å². The Morgan fingerprint density at radius 3 is 2.50 bits per heavy atom. The van der Waals surface area contributed by atoms with E-state index in [-0.39, 0.29) is 23.2 Å². The number of nitrogens with zero attached hydrogens (tertiary/aromatic N) is 3. The van der Waals surface area contributed by atoms with Crippen LogP contribution in [0.2, 0.25) is 0 Å². The third-order valence-electron chi connectivity index (χ3n) is 6.03. The van der Waals surface area contributed by atoms with Gasteiger partial charge in [-0.1, -0.05) is 12.1 Å². The summed E-state index contributed by atoms with van der Waals surface area (Å²) in [4.78, 5) is 24.7. The van der Waals surface area contributed by atoms with Crippen LogP contribution in [0.1, 0.15) is 21.6 Å². The highest BCUT2D eigenvalue weighted by Gasteiger charge is 2.27. The molecule has 34 heavy (non-hydrogen) atoms. The maximum absolute atomic E-state index is 13.7. The van der Waals surface area contributed by atoms with Crippen LogP contribution in [-0.4, -0.2) is 46.6 Å². The van der Waals surface area contributed by atoms with E-state index >= 15 is 0 Å². The Morgan fingerprint density at radius 1 is 1.03 bits per heavy atom. The number of ether oxygens (including phenoxy) is 2. The van der Waals surface area contributed by atoms with E-state index in [2.05, 4.69) is 9.97 Å².